The van der Waals surface area contributed by atoms with Crippen LogP contribution in [0.1, 0.15) is 32.6 Å². The molecule has 3 atom stereocenters. The standard InChI is InChI=1S/C11H22N2/c1-9-3-4-10(7-9)12-11-5-6-13(2)8-11/h9-12H,3-8H2,1-2H3/t9-,10-,11+/m1/s1. The molecule has 0 spiro atoms. The molecule has 0 aromatic heterocycles. The number of nitrogens with zero attached hydrogens (tertiary/aromatic N) is 1. The fourth-order valence-electron chi connectivity index (χ4n) is 2.76. The van der Waals surface area contributed by atoms with E-state index in [1.54, 1.807) is 0 Å². The quantitative estimate of drug-likeness (QED) is 0.695. The van der Waals surface area contributed by atoms with Crippen molar-refractivity contribution in [2.45, 2.75) is 44.7 Å². The van der Waals surface area contributed by atoms with E-state index in [2.05, 4.69) is 24.2 Å². The molecule has 1 aliphatic carbocycles. The van der Waals surface area contributed by atoms with Crippen LogP contribution in [-0.2, 0) is 0 Å². The van der Waals surface area contributed by atoms with Gasteiger partial charge in [-0.1, -0.05) is 6.92 Å². The van der Waals surface area contributed by atoms with Gasteiger partial charge in [-0.15, -0.1) is 0 Å². The summed E-state index contributed by atoms with van der Waals surface area (Å²) in [7, 11) is 2.22. The van der Waals surface area contributed by atoms with Crippen molar-refractivity contribution in [1.82, 2.24) is 10.2 Å². The van der Waals surface area contributed by atoms with Gasteiger partial charge >= 0.3 is 0 Å². The summed E-state index contributed by atoms with van der Waals surface area (Å²) < 4.78 is 0. The second kappa shape index (κ2) is 3.97. The lowest BCUT2D eigenvalue weighted by Crippen LogP contribution is -2.38. The summed E-state index contributed by atoms with van der Waals surface area (Å²) >= 11 is 0. The molecule has 0 unspecified atom stereocenters. The van der Waals surface area contributed by atoms with Gasteiger partial charge in [0.1, 0.15) is 0 Å². The van der Waals surface area contributed by atoms with Gasteiger partial charge in [0, 0.05) is 18.6 Å². The van der Waals surface area contributed by atoms with Gasteiger partial charge in [-0.2, -0.15) is 0 Å². The van der Waals surface area contributed by atoms with Gasteiger partial charge < -0.3 is 10.2 Å². The topological polar surface area (TPSA) is 15.3 Å². The number of likely N-dealkylation sites (tertiary alicyclic amines) is 1. The van der Waals surface area contributed by atoms with Crippen LogP contribution < -0.4 is 5.32 Å². The Hall–Kier alpha value is -0.0800. The van der Waals surface area contributed by atoms with Crippen LogP contribution in [0.4, 0.5) is 0 Å². The molecule has 1 N–H and O–H groups in total. The third kappa shape index (κ3) is 2.44. The highest BCUT2D eigenvalue weighted by atomic mass is 15.2. The first-order chi connectivity index (χ1) is 6.24. The molecular formula is C11H22N2. The van der Waals surface area contributed by atoms with E-state index in [1.165, 1.54) is 38.8 Å². The third-order valence-electron chi connectivity index (χ3n) is 3.56. The Morgan fingerprint density at radius 1 is 1.15 bits per heavy atom. The zero-order valence-corrected chi connectivity index (χ0v) is 8.92. The molecule has 13 heavy (non-hydrogen) atoms. The molecule has 2 heteroatoms. The van der Waals surface area contributed by atoms with Crippen molar-refractivity contribution in [2.24, 2.45) is 5.92 Å². The predicted octanol–water partition coefficient (Wildman–Crippen LogP) is 1.47. The van der Waals surface area contributed by atoms with Crippen LogP contribution in [0.2, 0.25) is 0 Å². The molecule has 2 rings (SSSR count). The first kappa shape index (κ1) is 9.47. The van der Waals surface area contributed by atoms with E-state index >= 15 is 0 Å². The van der Waals surface area contributed by atoms with E-state index in [-0.39, 0.29) is 0 Å². The fraction of sp³-hybridized carbons (Fsp3) is 1.00. The smallest absolute Gasteiger partial charge is 0.0209 e. The Balaban J connectivity index is 1.72. The van der Waals surface area contributed by atoms with E-state index < -0.39 is 0 Å². The lowest BCUT2D eigenvalue weighted by atomic mass is 10.1. The molecule has 0 aromatic rings. The second-order valence-corrected chi connectivity index (χ2v) is 5.03. The maximum atomic E-state index is 3.80. The molecule has 2 nitrogen and oxygen atoms in total. The molecule has 0 amide bonds. The molecule has 0 bridgehead atoms. The zero-order chi connectivity index (χ0) is 9.26. The molecule has 76 valence electrons. The minimum absolute atomic E-state index is 0.778. The largest absolute Gasteiger partial charge is 0.310 e. The Labute approximate surface area is 81.7 Å². The number of rotatable bonds is 2. The number of hydrogen-bond acceptors (Lipinski definition) is 2. The van der Waals surface area contributed by atoms with Crippen molar-refractivity contribution >= 4 is 0 Å². The Morgan fingerprint density at radius 3 is 2.54 bits per heavy atom. The van der Waals surface area contributed by atoms with E-state index in [1.807, 2.05) is 0 Å². The van der Waals surface area contributed by atoms with Gasteiger partial charge in [0.15, 0.2) is 0 Å². The Kier molecular flexibility index (Phi) is 2.89. The van der Waals surface area contributed by atoms with Crippen molar-refractivity contribution in [1.29, 1.82) is 0 Å². The number of hydrogen-bond donors (Lipinski definition) is 1. The van der Waals surface area contributed by atoms with E-state index in [9.17, 15) is 0 Å². The molecule has 2 fully saturated rings. The highest BCUT2D eigenvalue weighted by Gasteiger charge is 2.26. The van der Waals surface area contributed by atoms with Gasteiger partial charge in [-0.05, 0) is 45.2 Å². The van der Waals surface area contributed by atoms with E-state index in [0.29, 0.717) is 0 Å². The number of likely N-dealkylation sites (N-methyl/N-ethyl adjacent to an activating group) is 1. The molecule has 1 saturated carbocycles. The van der Waals surface area contributed by atoms with Crippen molar-refractivity contribution in [3.8, 4) is 0 Å². The molecule has 1 saturated heterocycles. The Bertz CT molecular complexity index is 151. The van der Waals surface area contributed by atoms with Crippen LogP contribution in [0.15, 0.2) is 0 Å². The molecule has 0 aromatic carbocycles. The molecular weight excluding hydrogens is 160 g/mol. The lowest BCUT2D eigenvalue weighted by molar-refractivity contribution is 0.378. The monoisotopic (exact) mass is 182 g/mol. The summed E-state index contributed by atoms with van der Waals surface area (Å²) in [6, 6.07) is 1.60. The maximum absolute atomic E-state index is 3.80. The SMILES string of the molecule is C[C@@H]1CC[C@@H](N[C@H]2CCN(C)C2)C1. The van der Waals surface area contributed by atoms with Gasteiger partial charge in [0.2, 0.25) is 0 Å². The van der Waals surface area contributed by atoms with Crippen molar-refractivity contribution in [2.75, 3.05) is 20.1 Å². The van der Waals surface area contributed by atoms with Gasteiger partial charge in [0.25, 0.3) is 0 Å². The molecule has 1 heterocycles. The zero-order valence-electron chi connectivity index (χ0n) is 8.92. The van der Waals surface area contributed by atoms with Crippen LogP contribution in [0, 0.1) is 5.92 Å². The van der Waals surface area contributed by atoms with Crippen LogP contribution >= 0.6 is 0 Å². The van der Waals surface area contributed by atoms with Crippen LogP contribution in [0.3, 0.4) is 0 Å². The van der Waals surface area contributed by atoms with Crippen molar-refractivity contribution < 1.29 is 0 Å². The highest BCUT2D eigenvalue weighted by Crippen LogP contribution is 2.25. The average Bonchev–Trinajstić information content (AvgIpc) is 2.62. The minimum Gasteiger partial charge on any atom is -0.310 e. The fourth-order valence-corrected chi connectivity index (χ4v) is 2.76. The average molecular weight is 182 g/mol. The van der Waals surface area contributed by atoms with Gasteiger partial charge in [-0.3, -0.25) is 0 Å². The van der Waals surface area contributed by atoms with E-state index in [4.69, 9.17) is 0 Å². The van der Waals surface area contributed by atoms with Gasteiger partial charge in [-0.25, -0.2) is 0 Å². The summed E-state index contributed by atoms with van der Waals surface area (Å²) in [5.74, 6) is 0.955. The summed E-state index contributed by atoms with van der Waals surface area (Å²) in [5.41, 5.74) is 0. The minimum atomic E-state index is 0.778. The molecule has 1 aliphatic heterocycles. The first-order valence-corrected chi connectivity index (χ1v) is 5.68. The normalized spacial score (nSPS) is 41.5. The summed E-state index contributed by atoms with van der Waals surface area (Å²) in [6.45, 7) is 4.91. The van der Waals surface area contributed by atoms with Crippen molar-refractivity contribution in [3.05, 3.63) is 0 Å². The maximum Gasteiger partial charge on any atom is 0.0209 e. The summed E-state index contributed by atoms with van der Waals surface area (Å²) in [5, 5.41) is 3.80. The van der Waals surface area contributed by atoms with E-state index in [0.717, 1.165) is 18.0 Å². The highest BCUT2D eigenvalue weighted by molar-refractivity contribution is 4.86. The molecule has 0 radical (unpaired) electrons. The summed E-state index contributed by atoms with van der Waals surface area (Å²) in [6.07, 6.45) is 5.59. The lowest BCUT2D eigenvalue weighted by Gasteiger charge is -2.18. The van der Waals surface area contributed by atoms with Crippen molar-refractivity contribution in [3.63, 3.8) is 0 Å². The summed E-state index contributed by atoms with van der Waals surface area (Å²) in [4.78, 5) is 2.43. The third-order valence-corrected chi connectivity index (χ3v) is 3.56. The predicted molar refractivity (Wildman–Crippen MR) is 55.8 cm³/mol. The van der Waals surface area contributed by atoms with Crippen LogP contribution in [0.5, 0.6) is 0 Å². The first-order valence-electron chi connectivity index (χ1n) is 5.68. The Morgan fingerprint density at radius 2 is 2.00 bits per heavy atom. The second-order valence-electron chi connectivity index (χ2n) is 5.03. The van der Waals surface area contributed by atoms with Crippen LogP contribution in [-0.4, -0.2) is 37.1 Å². The van der Waals surface area contributed by atoms with Gasteiger partial charge in [0.05, 0.1) is 0 Å². The van der Waals surface area contributed by atoms with Crippen LogP contribution in [0.25, 0.3) is 0 Å². The molecule has 2 aliphatic rings. The number of nitrogens with one attached hydrogen (secondary N) is 1.